The van der Waals surface area contributed by atoms with Gasteiger partial charge >= 0.3 is 5.97 Å². The smallest absolute Gasteiger partial charge is 0.344 e. The molecule has 0 saturated heterocycles. The summed E-state index contributed by atoms with van der Waals surface area (Å²) in [5.74, 6) is 0.207. The third kappa shape index (κ3) is 4.26. The van der Waals surface area contributed by atoms with Gasteiger partial charge in [-0.2, -0.15) is 0 Å². The van der Waals surface area contributed by atoms with E-state index in [2.05, 4.69) is 0 Å². The zero-order chi connectivity index (χ0) is 15.1. The normalized spacial score (nSPS) is 10.2. The van der Waals surface area contributed by atoms with Gasteiger partial charge in [0.25, 0.3) is 0 Å². The zero-order valence-corrected chi connectivity index (χ0v) is 12.3. The predicted octanol–water partition coefficient (Wildman–Crippen LogP) is 2.48. The Morgan fingerprint density at radius 3 is 2.50 bits per heavy atom. The van der Waals surface area contributed by atoms with E-state index in [1.807, 2.05) is 13.8 Å². The van der Waals surface area contributed by atoms with Crippen molar-refractivity contribution in [3.05, 3.63) is 23.8 Å². The molecule has 0 saturated carbocycles. The highest BCUT2D eigenvalue weighted by molar-refractivity contribution is 6.00. The second kappa shape index (κ2) is 7.53. The minimum Gasteiger partial charge on any atom is -0.497 e. The van der Waals surface area contributed by atoms with Crippen LogP contribution in [0.4, 0.5) is 0 Å². The average Bonchev–Trinajstić information content (AvgIpc) is 2.44. The van der Waals surface area contributed by atoms with Crippen molar-refractivity contribution in [1.82, 2.24) is 0 Å². The van der Waals surface area contributed by atoms with Gasteiger partial charge in [0.2, 0.25) is 0 Å². The predicted molar refractivity (Wildman–Crippen MR) is 74.3 cm³/mol. The Kier molecular flexibility index (Phi) is 6.03. The molecule has 0 N–H and O–H groups in total. The van der Waals surface area contributed by atoms with Gasteiger partial charge < -0.3 is 14.2 Å². The highest BCUT2D eigenvalue weighted by Crippen LogP contribution is 2.27. The monoisotopic (exact) mass is 280 g/mol. The highest BCUT2D eigenvalue weighted by atomic mass is 16.6. The molecule has 0 amide bonds. The van der Waals surface area contributed by atoms with E-state index in [4.69, 9.17) is 14.2 Å². The number of rotatable bonds is 7. The van der Waals surface area contributed by atoms with Crippen molar-refractivity contribution in [2.45, 2.75) is 20.8 Å². The van der Waals surface area contributed by atoms with Crippen LogP contribution in [0, 0.1) is 5.92 Å². The van der Waals surface area contributed by atoms with E-state index in [-0.39, 0.29) is 24.9 Å². The lowest BCUT2D eigenvalue weighted by atomic mass is 10.00. The van der Waals surface area contributed by atoms with Gasteiger partial charge in [-0.05, 0) is 19.1 Å². The molecule has 5 nitrogen and oxygen atoms in total. The topological polar surface area (TPSA) is 61.8 Å². The molecule has 0 aliphatic carbocycles. The van der Waals surface area contributed by atoms with Crippen molar-refractivity contribution in [2.24, 2.45) is 5.92 Å². The molecule has 0 heterocycles. The number of esters is 1. The van der Waals surface area contributed by atoms with Crippen LogP contribution in [-0.2, 0) is 9.53 Å². The summed E-state index contributed by atoms with van der Waals surface area (Å²) < 4.78 is 15.3. The maximum absolute atomic E-state index is 12.1. The Labute approximate surface area is 118 Å². The van der Waals surface area contributed by atoms with E-state index in [1.165, 1.54) is 7.11 Å². The molecule has 1 rings (SSSR count). The van der Waals surface area contributed by atoms with Crippen LogP contribution in [0.5, 0.6) is 11.5 Å². The summed E-state index contributed by atoms with van der Waals surface area (Å²) in [5, 5.41) is 0. The zero-order valence-electron chi connectivity index (χ0n) is 12.3. The molecule has 0 bridgehead atoms. The third-order valence-corrected chi connectivity index (χ3v) is 2.63. The van der Waals surface area contributed by atoms with Crippen LogP contribution in [0.25, 0.3) is 0 Å². The van der Waals surface area contributed by atoms with Crippen LogP contribution in [0.3, 0.4) is 0 Å². The quantitative estimate of drug-likeness (QED) is 0.567. The van der Waals surface area contributed by atoms with Crippen LogP contribution in [0.2, 0.25) is 0 Å². The lowest BCUT2D eigenvalue weighted by molar-refractivity contribution is -0.145. The SMILES string of the molecule is CCOC(=O)COc1cc(OC)ccc1C(=O)C(C)C. The molecule has 0 aliphatic rings. The second-order valence-corrected chi connectivity index (χ2v) is 4.47. The summed E-state index contributed by atoms with van der Waals surface area (Å²) in [7, 11) is 1.52. The van der Waals surface area contributed by atoms with E-state index in [0.717, 1.165) is 0 Å². The Morgan fingerprint density at radius 1 is 1.25 bits per heavy atom. The Balaban J connectivity index is 2.95. The van der Waals surface area contributed by atoms with Crippen molar-refractivity contribution >= 4 is 11.8 Å². The molecule has 0 fully saturated rings. The summed E-state index contributed by atoms with van der Waals surface area (Å²) >= 11 is 0. The van der Waals surface area contributed by atoms with Gasteiger partial charge in [0.15, 0.2) is 12.4 Å². The van der Waals surface area contributed by atoms with Gasteiger partial charge in [0.05, 0.1) is 19.3 Å². The fourth-order valence-electron chi connectivity index (χ4n) is 1.60. The fraction of sp³-hybridized carbons (Fsp3) is 0.467. The standard InChI is InChI=1S/C15H20O5/c1-5-19-14(16)9-20-13-8-11(18-4)6-7-12(13)15(17)10(2)3/h6-8,10H,5,9H2,1-4H3. The summed E-state index contributed by atoms with van der Waals surface area (Å²) in [5.41, 5.74) is 0.435. The van der Waals surface area contributed by atoms with Crippen LogP contribution < -0.4 is 9.47 Å². The lowest BCUT2D eigenvalue weighted by Gasteiger charge is -2.13. The number of carbonyl (C=O) groups is 2. The highest BCUT2D eigenvalue weighted by Gasteiger charge is 2.17. The lowest BCUT2D eigenvalue weighted by Crippen LogP contribution is -2.17. The largest absolute Gasteiger partial charge is 0.497 e. The van der Waals surface area contributed by atoms with Crippen LogP contribution in [0.1, 0.15) is 31.1 Å². The first-order valence-corrected chi connectivity index (χ1v) is 6.50. The molecule has 0 spiro atoms. The molecule has 0 aliphatic heterocycles. The first-order valence-electron chi connectivity index (χ1n) is 6.50. The van der Waals surface area contributed by atoms with E-state index >= 15 is 0 Å². The Hall–Kier alpha value is -2.04. The summed E-state index contributed by atoms with van der Waals surface area (Å²) in [4.78, 5) is 23.4. The summed E-state index contributed by atoms with van der Waals surface area (Å²) in [6.07, 6.45) is 0. The first kappa shape index (κ1) is 16.0. The second-order valence-electron chi connectivity index (χ2n) is 4.47. The molecule has 1 aromatic rings. The molecule has 5 heteroatoms. The van der Waals surface area contributed by atoms with Crippen molar-refractivity contribution < 1.29 is 23.8 Å². The maximum Gasteiger partial charge on any atom is 0.344 e. The number of carbonyl (C=O) groups excluding carboxylic acids is 2. The summed E-state index contributed by atoms with van der Waals surface area (Å²) in [6.45, 7) is 5.39. The number of methoxy groups -OCH3 is 1. The van der Waals surface area contributed by atoms with Crippen LogP contribution in [0.15, 0.2) is 18.2 Å². The average molecular weight is 280 g/mol. The molecule has 0 radical (unpaired) electrons. The van der Waals surface area contributed by atoms with E-state index in [0.29, 0.717) is 17.1 Å². The minimum atomic E-state index is -0.474. The van der Waals surface area contributed by atoms with Crippen LogP contribution >= 0.6 is 0 Å². The summed E-state index contributed by atoms with van der Waals surface area (Å²) in [6, 6.07) is 4.92. The molecular formula is C15H20O5. The molecule has 110 valence electrons. The number of hydrogen-bond acceptors (Lipinski definition) is 5. The third-order valence-electron chi connectivity index (χ3n) is 2.63. The first-order chi connectivity index (χ1) is 9.49. The van der Waals surface area contributed by atoms with Crippen molar-refractivity contribution in [3.63, 3.8) is 0 Å². The van der Waals surface area contributed by atoms with Crippen molar-refractivity contribution in [2.75, 3.05) is 20.3 Å². The van der Waals surface area contributed by atoms with E-state index < -0.39 is 5.97 Å². The number of ether oxygens (including phenoxy) is 3. The van der Waals surface area contributed by atoms with Gasteiger partial charge in [-0.1, -0.05) is 13.8 Å². The van der Waals surface area contributed by atoms with Gasteiger partial charge in [0, 0.05) is 12.0 Å². The number of benzene rings is 1. The molecule has 0 aromatic heterocycles. The molecule has 0 unspecified atom stereocenters. The number of hydrogen-bond donors (Lipinski definition) is 0. The minimum absolute atomic E-state index is 0.0495. The fourth-order valence-corrected chi connectivity index (χ4v) is 1.60. The van der Waals surface area contributed by atoms with Gasteiger partial charge in [-0.15, -0.1) is 0 Å². The molecule has 0 atom stereocenters. The number of ketones is 1. The Bertz CT molecular complexity index is 479. The van der Waals surface area contributed by atoms with E-state index in [1.54, 1.807) is 25.1 Å². The van der Waals surface area contributed by atoms with Gasteiger partial charge in [-0.3, -0.25) is 4.79 Å². The van der Waals surface area contributed by atoms with Gasteiger partial charge in [-0.25, -0.2) is 4.79 Å². The molecule has 1 aromatic carbocycles. The van der Waals surface area contributed by atoms with E-state index in [9.17, 15) is 9.59 Å². The Morgan fingerprint density at radius 2 is 1.95 bits per heavy atom. The van der Waals surface area contributed by atoms with Crippen molar-refractivity contribution in [3.8, 4) is 11.5 Å². The molecule has 20 heavy (non-hydrogen) atoms. The van der Waals surface area contributed by atoms with Crippen LogP contribution in [-0.4, -0.2) is 32.1 Å². The van der Waals surface area contributed by atoms with Crippen molar-refractivity contribution in [1.29, 1.82) is 0 Å². The molecular weight excluding hydrogens is 260 g/mol. The number of Topliss-reactive ketones (excluding diaryl/α,β-unsaturated/α-hetero) is 1. The maximum atomic E-state index is 12.1. The van der Waals surface area contributed by atoms with Gasteiger partial charge in [0.1, 0.15) is 11.5 Å².